The van der Waals surface area contributed by atoms with Gasteiger partial charge < -0.3 is 0 Å². The average molecular weight is 194 g/mol. The fourth-order valence-electron chi connectivity index (χ4n) is 1.14. The van der Waals surface area contributed by atoms with Crippen LogP contribution in [0.3, 0.4) is 0 Å². The second-order valence-electron chi connectivity index (χ2n) is 2.64. The van der Waals surface area contributed by atoms with Crippen LogP contribution >= 0.6 is 11.8 Å². The minimum atomic E-state index is 1.04. The predicted octanol–water partition coefficient (Wildman–Crippen LogP) is 3.98. The van der Waals surface area contributed by atoms with Crippen molar-refractivity contribution in [2.75, 3.05) is 12.0 Å². The molecule has 0 aromatic carbocycles. The van der Waals surface area contributed by atoms with Crippen LogP contribution in [-0.2, 0) is 0 Å². The molecule has 0 radical (unpaired) electrons. The molecule has 0 heterocycles. The summed E-state index contributed by atoms with van der Waals surface area (Å²) in [5.41, 5.74) is 2.70. The molecule has 0 aliphatic heterocycles. The van der Waals surface area contributed by atoms with Gasteiger partial charge in [0.25, 0.3) is 0 Å². The maximum Gasteiger partial charge on any atom is 0.0184 e. The lowest BCUT2D eigenvalue weighted by atomic mass is 10.0. The molecule has 0 atom stereocenters. The summed E-state index contributed by atoms with van der Waals surface area (Å²) >= 11 is 1.83. The highest BCUT2D eigenvalue weighted by Crippen LogP contribution is 2.18. The summed E-state index contributed by atoms with van der Waals surface area (Å²) in [5.74, 6) is 1.04. The maximum atomic E-state index is 3.72. The summed E-state index contributed by atoms with van der Waals surface area (Å²) in [5, 5.41) is 0. The molecule has 0 amide bonds. The quantitative estimate of drug-likeness (QED) is 0.576. The average Bonchev–Trinajstić information content (AvgIpc) is 2.14. The molecule has 0 nitrogen and oxygen atoms in total. The summed E-state index contributed by atoms with van der Waals surface area (Å²) in [6.45, 7) is 9.60. The molecule has 0 saturated carbocycles. The fourth-order valence-corrected chi connectivity index (χ4v) is 1.73. The molecule has 0 spiro atoms. The van der Waals surface area contributed by atoms with Crippen molar-refractivity contribution in [2.24, 2.45) is 0 Å². The summed E-state index contributed by atoms with van der Waals surface area (Å²) in [6.07, 6.45) is 11.0. The number of hydrogen-bond acceptors (Lipinski definition) is 1. The SMILES string of the molecule is C=C/C=C(CC)\C(=C/C=C)CSC. The highest BCUT2D eigenvalue weighted by Gasteiger charge is 1.99. The standard InChI is InChI=1S/C12H18S/c1-5-8-11(7-3)12(9-6-2)10-13-4/h5-6,8-9H,1-2,7,10H2,3-4H3/b11-8-,12-9-. The van der Waals surface area contributed by atoms with Crippen LogP contribution < -0.4 is 0 Å². The molecule has 0 aliphatic rings. The molecule has 0 aliphatic carbocycles. The molecule has 0 aromatic rings. The molecule has 13 heavy (non-hydrogen) atoms. The van der Waals surface area contributed by atoms with Crippen LogP contribution in [0.25, 0.3) is 0 Å². The van der Waals surface area contributed by atoms with E-state index in [1.807, 2.05) is 23.9 Å². The first-order chi connectivity index (χ1) is 6.29. The molecule has 0 N–H and O–H groups in total. The van der Waals surface area contributed by atoms with Crippen molar-refractivity contribution in [3.63, 3.8) is 0 Å². The third kappa shape index (κ3) is 4.79. The Labute approximate surface area is 86.1 Å². The van der Waals surface area contributed by atoms with Crippen molar-refractivity contribution in [1.29, 1.82) is 0 Å². The van der Waals surface area contributed by atoms with Gasteiger partial charge in [-0.1, -0.05) is 44.4 Å². The summed E-state index contributed by atoms with van der Waals surface area (Å²) in [7, 11) is 0. The Morgan fingerprint density at radius 2 is 1.69 bits per heavy atom. The molecule has 1 heteroatoms. The van der Waals surface area contributed by atoms with Gasteiger partial charge >= 0.3 is 0 Å². The third-order valence-electron chi connectivity index (χ3n) is 1.73. The topological polar surface area (TPSA) is 0 Å². The van der Waals surface area contributed by atoms with Gasteiger partial charge in [0.05, 0.1) is 0 Å². The Morgan fingerprint density at radius 3 is 2.08 bits per heavy atom. The molecule has 0 saturated heterocycles. The van der Waals surface area contributed by atoms with Gasteiger partial charge in [-0.3, -0.25) is 0 Å². The minimum Gasteiger partial charge on any atom is -0.161 e. The van der Waals surface area contributed by atoms with E-state index >= 15 is 0 Å². The monoisotopic (exact) mass is 194 g/mol. The first kappa shape index (κ1) is 12.3. The molecule has 72 valence electrons. The van der Waals surface area contributed by atoms with Crippen molar-refractivity contribution >= 4 is 11.8 Å². The zero-order valence-electron chi connectivity index (χ0n) is 8.55. The Bertz CT molecular complexity index is 221. The molecule has 0 rings (SSSR count). The molecule has 0 unspecified atom stereocenters. The van der Waals surface area contributed by atoms with Crippen LogP contribution in [0.1, 0.15) is 13.3 Å². The van der Waals surface area contributed by atoms with Crippen molar-refractivity contribution in [3.8, 4) is 0 Å². The zero-order chi connectivity index (χ0) is 10.1. The molecule has 0 fully saturated rings. The second-order valence-corrected chi connectivity index (χ2v) is 3.51. The maximum absolute atomic E-state index is 3.72. The van der Waals surface area contributed by atoms with Crippen molar-refractivity contribution in [2.45, 2.75) is 13.3 Å². The van der Waals surface area contributed by atoms with E-state index in [9.17, 15) is 0 Å². The highest BCUT2D eigenvalue weighted by molar-refractivity contribution is 7.98. The minimum absolute atomic E-state index is 1.04. The van der Waals surface area contributed by atoms with E-state index in [4.69, 9.17) is 0 Å². The van der Waals surface area contributed by atoms with E-state index in [1.54, 1.807) is 0 Å². The largest absolute Gasteiger partial charge is 0.161 e. The van der Waals surface area contributed by atoms with Gasteiger partial charge in [-0.25, -0.2) is 0 Å². The summed E-state index contributed by atoms with van der Waals surface area (Å²) in [4.78, 5) is 0. The van der Waals surface area contributed by atoms with Gasteiger partial charge in [-0.05, 0) is 23.8 Å². The van der Waals surface area contributed by atoms with Crippen molar-refractivity contribution in [1.82, 2.24) is 0 Å². The molecule has 0 bridgehead atoms. The van der Waals surface area contributed by atoms with Crippen LogP contribution in [-0.4, -0.2) is 12.0 Å². The van der Waals surface area contributed by atoms with Crippen molar-refractivity contribution in [3.05, 3.63) is 48.6 Å². The summed E-state index contributed by atoms with van der Waals surface area (Å²) in [6, 6.07) is 0. The van der Waals surface area contributed by atoms with E-state index in [0.717, 1.165) is 12.2 Å². The Hall–Kier alpha value is -0.690. The Kier molecular flexibility index (Phi) is 7.51. The van der Waals surface area contributed by atoms with Gasteiger partial charge in [0, 0.05) is 5.75 Å². The number of allylic oxidation sites excluding steroid dienone is 5. The lowest BCUT2D eigenvalue weighted by Crippen LogP contribution is -1.91. The predicted molar refractivity (Wildman–Crippen MR) is 65.2 cm³/mol. The molecular formula is C12H18S. The first-order valence-electron chi connectivity index (χ1n) is 4.42. The lowest BCUT2D eigenvalue weighted by Gasteiger charge is -2.07. The van der Waals surface area contributed by atoms with Gasteiger partial charge in [0.15, 0.2) is 0 Å². The van der Waals surface area contributed by atoms with Crippen LogP contribution in [0, 0.1) is 0 Å². The van der Waals surface area contributed by atoms with Crippen LogP contribution in [0.2, 0.25) is 0 Å². The van der Waals surface area contributed by atoms with Gasteiger partial charge in [0.1, 0.15) is 0 Å². The Morgan fingerprint density at radius 1 is 1.15 bits per heavy atom. The smallest absolute Gasteiger partial charge is 0.0184 e. The molecular weight excluding hydrogens is 176 g/mol. The van der Waals surface area contributed by atoms with E-state index in [0.29, 0.717) is 0 Å². The van der Waals surface area contributed by atoms with Crippen LogP contribution in [0.5, 0.6) is 0 Å². The third-order valence-corrected chi connectivity index (χ3v) is 2.33. The van der Waals surface area contributed by atoms with E-state index in [2.05, 4.69) is 38.5 Å². The van der Waals surface area contributed by atoms with Crippen LogP contribution in [0.4, 0.5) is 0 Å². The summed E-state index contributed by atoms with van der Waals surface area (Å²) < 4.78 is 0. The van der Waals surface area contributed by atoms with E-state index < -0.39 is 0 Å². The number of hydrogen-bond donors (Lipinski definition) is 0. The van der Waals surface area contributed by atoms with E-state index in [1.165, 1.54) is 11.1 Å². The normalized spacial score (nSPS) is 12.8. The number of thioether (sulfide) groups is 1. The first-order valence-corrected chi connectivity index (χ1v) is 5.82. The Balaban J connectivity index is 4.68. The van der Waals surface area contributed by atoms with Gasteiger partial charge in [-0.15, -0.1) is 0 Å². The lowest BCUT2D eigenvalue weighted by molar-refractivity contribution is 1.11. The van der Waals surface area contributed by atoms with Gasteiger partial charge in [-0.2, -0.15) is 11.8 Å². The van der Waals surface area contributed by atoms with Crippen LogP contribution in [0.15, 0.2) is 48.6 Å². The second kappa shape index (κ2) is 7.93. The van der Waals surface area contributed by atoms with Gasteiger partial charge in [0.2, 0.25) is 0 Å². The highest BCUT2D eigenvalue weighted by atomic mass is 32.2. The zero-order valence-corrected chi connectivity index (χ0v) is 9.36. The molecule has 0 aromatic heterocycles. The fraction of sp³-hybridized carbons (Fsp3) is 0.333. The van der Waals surface area contributed by atoms with Crippen molar-refractivity contribution < 1.29 is 0 Å². The number of rotatable bonds is 6. The van der Waals surface area contributed by atoms with E-state index in [-0.39, 0.29) is 0 Å².